The molecule has 0 aliphatic rings. The lowest BCUT2D eigenvalue weighted by atomic mass is 10.2. The van der Waals surface area contributed by atoms with Crippen LogP contribution in [0, 0.1) is 5.82 Å². The lowest BCUT2D eigenvalue weighted by Gasteiger charge is -2.06. The second-order valence-corrected chi connectivity index (χ2v) is 3.68. The summed E-state index contributed by atoms with van der Waals surface area (Å²) in [6.45, 7) is 6.07. The zero-order valence-electron chi connectivity index (χ0n) is 9.79. The summed E-state index contributed by atoms with van der Waals surface area (Å²) in [7, 11) is 0. The van der Waals surface area contributed by atoms with Crippen molar-refractivity contribution in [1.29, 1.82) is 0 Å². The fraction of sp³-hybridized carbons (Fsp3) is 0.385. The molecule has 1 aromatic rings. The molecule has 1 rings (SSSR count). The predicted octanol–water partition coefficient (Wildman–Crippen LogP) is 2.21. The normalized spacial score (nSPS) is 10.4. The molecule has 0 bridgehead atoms. The van der Waals surface area contributed by atoms with Crippen LogP contribution in [-0.2, 0) is 11.3 Å². The number of ether oxygens (including phenoxy) is 1. The van der Waals surface area contributed by atoms with Crippen LogP contribution in [0.2, 0.25) is 0 Å². The van der Waals surface area contributed by atoms with E-state index in [1.807, 2.05) is 6.08 Å². The number of nitrogens with one attached hydrogen (secondary N) is 1. The monoisotopic (exact) mass is 239 g/mol. The summed E-state index contributed by atoms with van der Waals surface area (Å²) in [6, 6.07) is 4.02. The first-order valence-corrected chi connectivity index (χ1v) is 5.60. The Hall–Kier alpha value is -1.39. The third-order valence-corrected chi connectivity index (χ3v) is 2.16. The summed E-state index contributed by atoms with van der Waals surface area (Å²) < 4.78 is 18.2. The Bertz CT molecular complexity index is 335. The Balaban J connectivity index is 2.15. The summed E-state index contributed by atoms with van der Waals surface area (Å²) in [4.78, 5) is 0. The van der Waals surface area contributed by atoms with Gasteiger partial charge in [0.15, 0.2) is 0 Å². The van der Waals surface area contributed by atoms with Gasteiger partial charge >= 0.3 is 0 Å². The number of phenolic OH excluding ortho intramolecular Hbond substituents is 1. The van der Waals surface area contributed by atoms with Crippen LogP contribution in [0.1, 0.15) is 12.0 Å². The maximum absolute atomic E-state index is 12.9. The van der Waals surface area contributed by atoms with Gasteiger partial charge in [-0.05, 0) is 24.1 Å². The molecule has 0 aromatic heterocycles. The number of aromatic hydroxyl groups is 1. The third-order valence-electron chi connectivity index (χ3n) is 2.16. The van der Waals surface area contributed by atoms with Crippen molar-refractivity contribution in [2.75, 3.05) is 19.8 Å². The highest BCUT2D eigenvalue weighted by Crippen LogP contribution is 2.14. The topological polar surface area (TPSA) is 41.5 Å². The molecule has 0 saturated carbocycles. The van der Waals surface area contributed by atoms with Gasteiger partial charge in [0, 0.05) is 19.2 Å². The molecule has 0 heterocycles. The van der Waals surface area contributed by atoms with Gasteiger partial charge in [-0.2, -0.15) is 0 Å². The number of benzene rings is 1. The first-order valence-electron chi connectivity index (χ1n) is 5.60. The molecule has 2 N–H and O–H groups in total. The Morgan fingerprint density at radius 2 is 2.18 bits per heavy atom. The maximum Gasteiger partial charge on any atom is 0.127 e. The van der Waals surface area contributed by atoms with Crippen molar-refractivity contribution in [2.45, 2.75) is 13.0 Å². The largest absolute Gasteiger partial charge is 0.508 e. The molecule has 3 nitrogen and oxygen atoms in total. The molecule has 0 aliphatic carbocycles. The molecule has 0 amide bonds. The van der Waals surface area contributed by atoms with Crippen molar-refractivity contribution in [3.8, 4) is 5.75 Å². The van der Waals surface area contributed by atoms with Crippen molar-refractivity contribution in [3.05, 3.63) is 42.2 Å². The number of hydrogen-bond donors (Lipinski definition) is 2. The number of phenols is 1. The minimum Gasteiger partial charge on any atom is -0.508 e. The van der Waals surface area contributed by atoms with Crippen LogP contribution in [-0.4, -0.2) is 24.9 Å². The van der Waals surface area contributed by atoms with Gasteiger partial charge in [0.1, 0.15) is 11.6 Å². The fourth-order valence-corrected chi connectivity index (χ4v) is 1.38. The average Bonchev–Trinajstić information content (AvgIpc) is 2.26. The van der Waals surface area contributed by atoms with Gasteiger partial charge in [-0.3, -0.25) is 0 Å². The summed E-state index contributed by atoms with van der Waals surface area (Å²) in [5.74, 6) is -0.479. The standard InChI is InChI=1S/C13H18FNO2/c1-2-3-5-17-6-4-15-10-11-7-12(14)9-13(16)8-11/h2,7-9,15-16H,1,3-6,10H2. The quantitative estimate of drug-likeness (QED) is 0.540. The van der Waals surface area contributed by atoms with Crippen LogP contribution in [0.15, 0.2) is 30.9 Å². The highest BCUT2D eigenvalue weighted by Gasteiger charge is 1.99. The van der Waals surface area contributed by atoms with E-state index in [-0.39, 0.29) is 5.75 Å². The van der Waals surface area contributed by atoms with Crippen molar-refractivity contribution < 1.29 is 14.2 Å². The molecule has 94 valence electrons. The lowest BCUT2D eigenvalue weighted by Crippen LogP contribution is -2.19. The van der Waals surface area contributed by atoms with E-state index in [4.69, 9.17) is 4.74 Å². The molecular formula is C13H18FNO2. The predicted molar refractivity (Wildman–Crippen MR) is 65.4 cm³/mol. The number of halogens is 1. The van der Waals surface area contributed by atoms with Crippen molar-refractivity contribution in [1.82, 2.24) is 5.32 Å². The molecular weight excluding hydrogens is 221 g/mol. The molecule has 17 heavy (non-hydrogen) atoms. The molecule has 0 spiro atoms. The summed E-state index contributed by atoms with van der Waals surface area (Å²) >= 11 is 0. The van der Waals surface area contributed by atoms with E-state index in [0.717, 1.165) is 12.5 Å². The molecule has 0 unspecified atom stereocenters. The second-order valence-electron chi connectivity index (χ2n) is 3.68. The van der Waals surface area contributed by atoms with E-state index < -0.39 is 5.82 Å². The van der Waals surface area contributed by atoms with E-state index in [1.165, 1.54) is 12.1 Å². The summed E-state index contributed by atoms with van der Waals surface area (Å²) in [5, 5.41) is 12.3. The number of hydrogen-bond acceptors (Lipinski definition) is 3. The zero-order valence-corrected chi connectivity index (χ0v) is 9.79. The Morgan fingerprint density at radius 1 is 1.35 bits per heavy atom. The molecule has 0 saturated heterocycles. The van der Waals surface area contributed by atoms with E-state index in [9.17, 15) is 9.50 Å². The van der Waals surface area contributed by atoms with Gasteiger partial charge in [0.2, 0.25) is 0 Å². The Labute approximate surface area is 101 Å². The molecule has 0 aliphatic heterocycles. The van der Waals surface area contributed by atoms with Crippen LogP contribution in [0.3, 0.4) is 0 Å². The third kappa shape index (κ3) is 6.04. The van der Waals surface area contributed by atoms with Gasteiger partial charge in [-0.15, -0.1) is 6.58 Å². The van der Waals surface area contributed by atoms with E-state index >= 15 is 0 Å². The van der Waals surface area contributed by atoms with E-state index in [0.29, 0.717) is 31.9 Å². The first kappa shape index (κ1) is 13.7. The molecule has 1 aromatic carbocycles. The van der Waals surface area contributed by atoms with Crippen LogP contribution in [0.5, 0.6) is 5.75 Å². The summed E-state index contributed by atoms with van der Waals surface area (Å²) in [6.07, 6.45) is 2.65. The highest BCUT2D eigenvalue weighted by atomic mass is 19.1. The van der Waals surface area contributed by atoms with Crippen LogP contribution < -0.4 is 5.32 Å². The molecule has 4 heteroatoms. The average molecular weight is 239 g/mol. The van der Waals surface area contributed by atoms with Gasteiger partial charge in [-0.1, -0.05) is 6.08 Å². The minimum atomic E-state index is -0.427. The van der Waals surface area contributed by atoms with Gasteiger partial charge in [0.05, 0.1) is 13.2 Å². The molecule has 0 fully saturated rings. The second kappa shape index (κ2) is 7.81. The van der Waals surface area contributed by atoms with E-state index in [2.05, 4.69) is 11.9 Å². The lowest BCUT2D eigenvalue weighted by molar-refractivity contribution is 0.140. The Morgan fingerprint density at radius 3 is 2.88 bits per heavy atom. The van der Waals surface area contributed by atoms with Crippen molar-refractivity contribution in [3.63, 3.8) is 0 Å². The van der Waals surface area contributed by atoms with Crippen LogP contribution >= 0.6 is 0 Å². The molecule has 0 radical (unpaired) electrons. The highest BCUT2D eigenvalue weighted by molar-refractivity contribution is 5.28. The molecule has 0 atom stereocenters. The Kier molecular flexibility index (Phi) is 6.29. The van der Waals surface area contributed by atoms with Gasteiger partial charge < -0.3 is 15.2 Å². The van der Waals surface area contributed by atoms with Crippen LogP contribution in [0.4, 0.5) is 4.39 Å². The summed E-state index contributed by atoms with van der Waals surface area (Å²) in [5.41, 5.74) is 0.716. The van der Waals surface area contributed by atoms with E-state index in [1.54, 1.807) is 0 Å². The SMILES string of the molecule is C=CCCOCCNCc1cc(O)cc(F)c1. The minimum absolute atomic E-state index is 0.0518. The zero-order chi connectivity index (χ0) is 12.5. The smallest absolute Gasteiger partial charge is 0.127 e. The maximum atomic E-state index is 12.9. The van der Waals surface area contributed by atoms with Crippen molar-refractivity contribution in [2.24, 2.45) is 0 Å². The first-order chi connectivity index (χ1) is 8.22. The number of rotatable bonds is 8. The van der Waals surface area contributed by atoms with Crippen molar-refractivity contribution >= 4 is 0 Å². The fourth-order valence-electron chi connectivity index (χ4n) is 1.38. The van der Waals surface area contributed by atoms with Crippen LogP contribution in [0.25, 0.3) is 0 Å². The van der Waals surface area contributed by atoms with Gasteiger partial charge in [-0.25, -0.2) is 4.39 Å². The van der Waals surface area contributed by atoms with Gasteiger partial charge in [0.25, 0.3) is 0 Å².